The Morgan fingerprint density at radius 2 is 2.21 bits per heavy atom. The van der Waals surface area contributed by atoms with E-state index in [4.69, 9.17) is 0 Å². The zero-order chi connectivity index (χ0) is 10.1. The number of H-pyrrole nitrogens is 1. The summed E-state index contributed by atoms with van der Waals surface area (Å²) in [7, 11) is 0. The van der Waals surface area contributed by atoms with Gasteiger partial charge in [0, 0.05) is 17.8 Å². The largest absolute Gasteiger partial charge is 0.337 e. The van der Waals surface area contributed by atoms with E-state index < -0.39 is 13.0 Å². The van der Waals surface area contributed by atoms with Gasteiger partial charge in [-0.25, -0.2) is 8.78 Å². The van der Waals surface area contributed by atoms with Gasteiger partial charge >= 0.3 is 0 Å². The van der Waals surface area contributed by atoms with E-state index >= 15 is 0 Å². The van der Waals surface area contributed by atoms with E-state index in [1.807, 2.05) is 0 Å². The lowest BCUT2D eigenvalue weighted by Crippen LogP contribution is -2.13. The van der Waals surface area contributed by atoms with Crippen molar-refractivity contribution in [2.75, 3.05) is 0 Å². The highest BCUT2D eigenvalue weighted by atomic mass is 19.3. The van der Waals surface area contributed by atoms with E-state index in [0.717, 1.165) is 0 Å². The second-order valence-corrected chi connectivity index (χ2v) is 2.97. The fourth-order valence-electron chi connectivity index (χ4n) is 1.46. The molecule has 5 heteroatoms. The molecule has 0 radical (unpaired) electrons. The molecule has 0 unspecified atom stereocenters. The Kier molecular flexibility index (Phi) is 2.07. The van der Waals surface area contributed by atoms with Crippen molar-refractivity contribution in [3.8, 4) is 0 Å². The number of nitrogens with zero attached hydrogens (tertiary/aromatic N) is 1. The highest BCUT2D eigenvalue weighted by molar-refractivity contribution is 5.78. The molecule has 0 bridgehead atoms. The Hall–Kier alpha value is -1.65. The molecule has 0 atom stereocenters. The number of nitrogens with one attached hydrogen (secondary N) is 1. The Morgan fingerprint density at radius 1 is 1.43 bits per heavy atom. The van der Waals surface area contributed by atoms with Crippen molar-refractivity contribution >= 4 is 10.9 Å². The van der Waals surface area contributed by atoms with Crippen molar-refractivity contribution in [3.63, 3.8) is 0 Å². The molecule has 2 heterocycles. The Labute approximate surface area is 78.0 Å². The average molecular weight is 198 g/mol. The summed E-state index contributed by atoms with van der Waals surface area (Å²) in [5, 5.41) is 0.675. The molecule has 14 heavy (non-hydrogen) atoms. The first-order valence-electron chi connectivity index (χ1n) is 4.13. The summed E-state index contributed by atoms with van der Waals surface area (Å²) in [4.78, 5) is 13.8. The lowest BCUT2D eigenvalue weighted by Gasteiger charge is -2.02. The van der Waals surface area contributed by atoms with Crippen LogP contribution in [0.1, 0.15) is 0 Å². The number of aromatic amines is 1. The van der Waals surface area contributed by atoms with E-state index in [1.165, 1.54) is 17.0 Å². The lowest BCUT2D eigenvalue weighted by atomic mass is 10.3. The maximum Gasteiger partial charge on any atom is 0.272 e. The van der Waals surface area contributed by atoms with Crippen LogP contribution in [0.4, 0.5) is 8.78 Å². The third kappa shape index (κ3) is 1.41. The SMILES string of the molecule is O=c1[nH]ccc2ccn(CC(F)F)c12. The summed E-state index contributed by atoms with van der Waals surface area (Å²) in [5.74, 6) is 0. The Morgan fingerprint density at radius 3 is 2.93 bits per heavy atom. The number of aromatic nitrogens is 2. The first-order chi connectivity index (χ1) is 6.68. The summed E-state index contributed by atoms with van der Waals surface area (Å²) >= 11 is 0. The van der Waals surface area contributed by atoms with Crippen molar-refractivity contribution in [2.45, 2.75) is 13.0 Å². The minimum Gasteiger partial charge on any atom is -0.337 e. The monoisotopic (exact) mass is 198 g/mol. The maximum atomic E-state index is 12.1. The van der Waals surface area contributed by atoms with E-state index in [2.05, 4.69) is 4.98 Å². The molecule has 0 aliphatic carbocycles. The standard InChI is InChI=1S/C9H8F2N2O/c10-7(11)5-13-4-2-6-1-3-12-9(14)8(6)13/h1-4,7H,5H2,(H,12,14). The quantitative estimate of drug-likeness (QED) is 0.781. The van der Waals surface area contributed by atoms with Crippen LogP contribution in [0.3, 0.4) is 0 Å². The number of hydrogen-bond donors (Lipinski definition) is 1. The Balaban J connectivity index is 2.61. The van der Waals surface area contributed by atoms with Gasteiger partial charge in [-0.3, -0.25) is 4.79 Å². The van der Waals surface area contributed by atoms with Gasteiger partial charge in [0.15, 0.2) is 0 Å². The van der Waals surface area contributed by atoms with E-state index in [9.17, 15) is 13.6 Å². The molecule has 1 N–H and O–H groups in total. The zero-order valence-corrected chi connectivity index (χ0v) is 7.21. The van der Waals surface area contributed by atoms with Gasteiger partial charge < -0.3 is 9.55 Å². The van der Waals surface area contributed by atoms with Gasteiger partial charge in [-0.15, -0.1) is 0 Å². The highest BCUT2D eigenvalue weighted by Crippen LogP contribution is 2.11. The molecule has 0 aliphatic heterocycles. The first-order valence-corrected chi connectivity index (χ1v) is 4.13. The van der Waals surface area contributed by atoms with Crippen molar-refractivity contribution in [3.05, 3.63) is 34.9 Å². The molecule has 0 amide bonds. The third-order valence-electron chi connectivity index (χ3n) is 2.02. The molecule has 0 saturated carbocycles. The molecule has 74 valence electrons. The molecule has 3 nitrogen and oxygen atoms in total. The predicted molar refractivity (Wildman–Crippen MR) is 48.6 cm³/mol. The number of fused-ring (bicyclic) bond motifs is 1. The fraction of sp³-hybridized carbons (Fsp3) is 0.222. The van der Waals surface area contributed by atoms with Gasteiger partial charge in [-0.2, -0.15) is 0 Å². The van der Waals surface area contributed by atoms with E-state index in [1.54, 1.807) is 12.1 Å². The van der Waals surface area contributed by atoms with Crippen LogP contribution in [0.2, 0.25) is 0 Å². The molecule has 2 aromatic heterocycles. The number of hydrogen-bond acceptors (Lipinski definition) is 1. The van der Waals surface area contributed by atoms with Crippen LogP contribution in [0.5, 0.6) is 0 Å². The highest BCUT2D eigenvalue weighted by Gasteiger charge is 2.08. The van der Waals surface area contributed by atoms with Crippen LogP contribution in [-0.2, 0) is 6.54 Å². The topological polar surface area (TPSA) is 37.8 Å². The molecule has 0 fully saturated rings. The fourth-order valence-corrected chi connectivity index (χ4v) is 1.46. The van der Waals surface area contributed by atoms with Gasteiger partial charge in [-0.05, 0) is 12.1 Å². The summed E-state index contributed by atoms with van der Waals surface area (Å²) in [6, 6.07) is 3.33. The smallest absolute Gasteiger partial charge is 0.272 e. The molecule has 0 aromatic carbocycles. The van der Waals surface area contributed by atoms with Crippen LogP contribution in [0.15, 0.2) is 29.3 Å². The van der Waals surface area contributed by atoms with Crippen LogP contribution in [0.25, 0.3) is 10.9 Å². The summed E-state index contributed by atoms with van der Waals surface area (Å²) < 4.78 is 25.5. The predicted octanol–water partition coefficient (Wildman–Crippen LogP) is 1.59. The van der Waals surface area contributed by atoms with Crippen molar-refractivity contribution in [1.82, 2.24) is 9.55 Å². The molecule has 0 aliphatic rings. The van der Waals surface area contributed by atoms with Gasteiger partial charge in [0.2, 0.25) is 0 Å². The molecule has 2 rings (SSSR count). The van der Waals surface area contributed by atoms with Gasteiger partial charge in [0.1, 0.15) is 5.52 Å². The summed E-state index contributed by atoms with van der Waals surface area (Å²) in [6.07, 6.45) is 0.536. The first kappa shape index (κ1) is 8.93. The van der Waals surface area contributed by atoms with E-state index in [0.29, 0.717) is 10.9 Å². The maximum absolute atomic E-state index is 12.1. The van der Waals surface area contributed by atoms with Crippen LogP contribution in [-0.4, -0.2) is 16.0 Å². The van der Waals surface area contributed by atoms with Gasteiger partial charge in [0.25, 0.3) is 12.0 Å². The Bertz CT molecular complexity index is 501. The van der Waals surface area contributed by atoms with Gasteiger partial charge in [0.05, 0.1) is 6.54 Å². The second kappa shape index (κ2) is 3.25. The lowest BCUT2D eigenvalue weighted by molar-refractivity contribution is 0.128. The van der Waals surface area contributed by atoms with Crippen molar-refractivity contribution in [2.24, 2.45) is 0 Å². The van der Waals surface area contributed by atoms with E-state index in [-0.39, 0.29) is 5.56 Å². The minimum absolute atomic E-state index is 0.299. The van der Waals surface area contributed by atoms with Crippen molar-refractivity contribution < 1.29 is 8.78 Å². The van der Waals surface area contributed by atoms with Crippen LogP contribution >= 0.6 is 0 Å². The molecular weight excluding hydrogens is 190 g/mol. The minimum atomic E-state index is -2.45. The number of halogens is 2. The average Bonchev–Trinajstić information content (AvgIpc) is 2.49. The third-order valence-corrected chi connectivity index (χ3v) is 2.02. The number of alkyl halides is 2. The normalized spacial score (nSPS) is 11.4. The van der Waals surface area contributed by atoms with Crippen LogP contribution in [0, 0.1) is 0 Å². The summed E-state index contributed by atoms with van der Waals surface area (Å²) in [6.45, 7) is -0.448. The van der Waals surface area contributed by atoms with Crippen LogP contribution < -0.4 is 5.56 Å². The van der Waals surface area contributed by atoms with Crippen molar-refractivity contribution in [1.29, 1.82) is 0 Å². The molecule has 0 saturated heterocycles. The zero-order valence-electron chi connectivity index (χ0n) is 7.21. The van der Waals surface area contributed by atoms with Gasteiger partial charge in [-0.1, -0.05) is 0 Å². The molecular formula is C9H8F2N2O. The second-order valence-electron chi connectivity index (χ2n) is 2.97. The molecule has 0 spiro atoms. The number of rotatable bonds is 2. The summed E-state index contributed by atoms with van der Waals surface area (Å²) in [5.41, 5.74) is -0.0408. The number of pyridine rings is 1. The molecule has 2 aromatic rings.